The van der Waals surface area contributed by atoms with Crippen LogP contribution in [0.2, 0.25) is 0 Å². The van der Waals surface area contributed by atoms with Gasteiger partial charge in [-0.2, -0.15) is 5.10 Å². The predicted molar refractivity (Wildman–Crippen MR) is 91.2 cm³/mol. The Morgan fingerprint density at radius 3 is 2.96 bits per heavy atom. The minimum atomic E-state index is -0.0977. The molecule has 4 heterocycles. The van der Waals surface area contributed by atoms with Crippen LogP contribution in [0.5, 0.6) is 0 Å². The van der Waals surface area contributed by atoms with Gasteiger partial charge in [0.25, 0.3) is 0 Å². The van der Waals surface area contributed by atoms with Crippen LogP contribution in [-0.4, -0.2) is 37.2 Å². The number of aromatic nitrogens is 4. The summed E-state index contributed by atoms with van der Waals surface area (Å²) in [5, 5.41) is 9.16. The molecule has 4 rings (SSSR count). The maximum Gasteiger partial charge on any atom is 0.322 e. The minimum Gasteiger partial charge on any atom is -0.317 e. The second-order valence-electron chi connectivity index (χ2n) is 5.52. The fraction of sp³-hybridized carbons (Fsp3) is 0.250. The molecular formula is C16H16N6OS. The number of carbonyl (C=O) groups excluding carboxylic acids is 1. The lowest BCUT2D eigenvalue weighted by atomic mass is 10.2. The van der Waals surface area contributed by atoms with Gasteiger partial charge in [0.1, 0.15) is 0 Å². The number of hydrogen-bond donors (Lipinski definition) is 1. The fourth-order valence-corrected chi connectivity index (χ4v) is 3.76. The van der Waals surface area contributed by atoms with Gasteiger partial charge in [0, 0.05) is 23.8 Å². The van der Waals surface area contributed by atoms with Gasteiger partial charge in [-0.05, 0) is 30.4 Å². The van der Waals surface area contributed by atoms with Crippen LogP contribution in [0.4, 0.5) is 10.5 Å². The zero-order valence-electron chi connectivity index (χ0n) is 12.9. The molecule has 1 saturated heterocycles. The van der Waals surface area contributed by atoms with Crippen molar-refractivity contribution < 1.29 is 4.79 Å². The van der Waals surface area contributed by atoms with Gasteiger partial charge in [-0.1, -0.05) is 6.07 Å². The van der Waals surface area contributed by atoms with Crippen LogP contribution in [0.3, 0.4) is 0 Å². The number of hydrogen-bond acceptors (Lipinski definition) is 5. The molecule has 122 valence electrons. The van der Waals surface area contributed by atoms with Gasteiger partial charge in [0.05, 0.1) is 24.1 Å². The highest BCUT2D eigenvalue weighted by molar-refractivity contribution is 7.10. The van der Waals surface area contributed by atoms with Crippen LogP contribution < -0.4 is 5.32 Å². The van der Waals surface area contributed by atoms with E-state index in [1.807, 2.05) is 16.3 Å². The Bertz CT molecular complexity index is 816. The first-order valence-corrected chi connectivity index (χ1v) is 8.62. The maximum absolute atomic E-state index is 12.6. The summed E-state index contributed by atoms with van der Waals surface area (Å²) in [6.07, 6.45) is 8.64. The minimum absolute atomic E-state index is 0.0977. The van der Waals surface area contributed by atoms with Gasteiger partial charge >= 0.3 is 6.03 Å². The highest BCUT2D eigenvalue weighted by Crippen LogP contribution is 2.34. The van der Waals surface area contributed by atoms with Crippen molar-refractivity contribution in [3.05, 3.63) is 53.2 Å². The van der Waals surface area contributed by atoms with E-state index in [4.69, 9.17) is 0 Å². The summed E-state index contributed by atoms with van der Waals surface area (Å²) in [6.45, 7) is 0.768. The lowest BCUT2D eigenvalue weighted by Gasteiger charge is -2.23. The van der Waals surface area contributed by atoms with E-state index in [1.54, 1.807) is 42.2 Å². The molecule has 0 aromatic carbocycles. The van der Waals surface area contributed by atoms with Crippen molar-refractivity contribution in [2.45, 2.75) is 18.9 Å². The molecule has 0 bridgehead atoms. The quantitative estimate of drug-likeness (QED) is 0.795. The molecule has 7 nitrogen and oxygen atoms in total. The average Bonchev–Trinajstić information content (AvgIpc) is 3.36. The third kappa shape index (κ3) is 2.88. The SMILES string of the molecule is O=C(Nc1cnn(-c2ncccn2)c1)N1CCCC1c1cccs1. The molecule has 1 aliphatic rings. The van der Waals surface area contributed by atoms with Crippen molar-refractivity contribution in [3.63, 3.8) is 0 Å². The highest BCUT2D eigenvalue weighted by atomic mass is 32.1. The summed E-state index contributed by atoms with van der Waals surface area (Å²) in [7, 11) is 0. The van der Waals surface area contributed by atoms with Crippen LogP contribution in [0, 0.1) is 0 Å². The third-order valence-corrected chi connectivity index (χ3v) is 4.95. The number of nitrogens with one attached hydrogen (secondary N) is 1. The van der Waals surface area contributed by atoms with Crippen molar-refractivity contribution in [3.8, 4) is 5.95 Å². The van der Waals surface area contributed by atoms with E-state index < -0.39 is 0 Å². The molecule has 0 radical (unpaired) electrons. The van der Waals surface area contributed by atoms with E-state index >= 15 is 0 Å². The number of nitrogens with zero attached hydrogens (tertiary/aromatic N) is 5. The number of urea groups is 1. The first-order valence-electron chi connectivity index (χ1n) is 7.74. The molecular weight excluding hydrogens is 324 g/mol. The molecule has 1 fully saturated rings. The van der Waals surface area contributed by atoms with Crippen molar-refractivity contribution >= 4 is 23.1 Å². The Balaban J connectivity index is 1.47. The van der Waals surface area contributed by atoms with Crippen LogP contribution in [0.1, 0.15) is 23.8 Å². The largest absolute Gasteiger partial charge is 0.322 e. The highest BCUT2D eigenvalue weighted by Gasteiger charge is 2.30. The number of rotatable bonds is 3. The number of anilines is 1. The Morgan fingerprint density at radius 1 is 1.29 bits per heavy atom. The molecule has 0 spiro atoms. The molecule has 1 unspecified atom stereocenters. The van der Waals surface area contributed by atoms with E-state index in [0.29, 0.717) is 11.6 Å². The van der Waals surface area contributed by atoms with Gasteiger partial charge in [-0.25, -0.2) is 19.4 Å². The second kappa shape index (κ2) is 6.40. The average molecular weight is 340 g/mol. The topological polar surface area (TPSA) is 75.9 Å². The molecule has 0 aliphatic carbocycles. The molecule has 1 N–H and O–H groups in total. The molecule has 2 amide bonds. The van der Waals surface area contributed by atoms with Gasteiger partial charge in [-0.15, -0.1) is 11.3 Å². The third-order valence-electron chi connectivity index (χ3n) is 3.98. The van der Waals surface area contributed by atoms with Crippen LogP contribution >= 0.6 is 11.3 Å². The van der Waals surface area contributed by atoms with Crippen molar-refractivity contribution in [2.75, 3.05) is 11.9 Å². The van der Waals surface area contributed by atoms with Crippen LogP contribution in [0.15, 0.2) is 48.4 Å². The summed E-state index contributed by atoms with van der Waals surface area (Å²) in [5.41, 5.74) is 0.629. The molecule has 8 heteroatoms. The summed E-state index contributed by atoms with van der Waals surface area (Å²) < 4.78 is 1.54. The van der Waals surface area contributed by atoms with Gasteiger partial charge in [0.15, 0.2) is 0 Å². The Morgan fingerprint density at radius 2 is 2.17 bits per heavy atom. The van der Waals surface area contributed by atoms with Crippen molar-refractivity contribution in [2.24, 2.45) is 0 Å². The first kappa shape index (κ1) is 14.8. The zero-order chi connectivity index (χ0) is 16.4. The molecule has 1 atom stereocenters. The van der Waals surface area contributed by atoms with Gasteiger partial charge in [0.2, 0.25) is 5.95 Å². The molecule has 24 heavy (non-hydrogen) atoms. The molecule has 3 aromatic heterocycles. The van der Waals surface area contributed by atoms with Crippen LogP contribution in [-0.2, 0) is 0 Å². The number of thiophene rings is 1. The van der Waals surface area contributed by atoms with E-state index in [0.717, 1.165) is 19.4 Å². The predicted octanol–water partition coefficient (Wildman–Crippen LogP) is 3.09. The molecule has 0 saturated carbocycles. The van der Waals surface area contributed by atoms with Gasteiger partial charge < -0.3 is 10.2 Å². The van der Waals surface area contributed by atoms with E-state index in [9.17, 15) is 4.79 Å². The van der Waals surface area contributed by atoms with E-state index in [-0.39, 0.29) is 12.1 Å². The van der Waals surface area contributed by atoms with Crippen molar-refractivity contribution in [1.82, 2.24) is 24.6 Å². The van der Waals surface area contributed by atoms with Crippen molar-refractivity contribution in [1.29, 1.82) is 0 Å². The summed E-state index contributed by atoms with van der Waals surface area (Å²) >= 11 is 1.69. The number of carbonyl (C=O) groups is 1. The Labute approximate surface area is 143 Å². The fourth-order valence-electron chi connectivity index (χ4n) is 2.89. The lowest BCUT2D eigenvalue weighted by molar-refractivity contribution is 0.208. The van der Waals surface area contributed by atoms with Crippen LogP contribution in [0.25, 0.3) is 5.95 Å². The smallest absolute Gasteiger partial charge is 0.317 e. The van der Waals surface area contributed by atoms with Gasteiger partial charge in [-0.3, -0.25) is 0 Å². The Kier molecular flexibility index (Phi) is 3.96. The summed E-state index contributed by atoms with van der Waals surface area (Å²) in [4.78, 5) is 24.0. The number of amides is 2. The lowest BCUT2D eigenvalue weighted by Crippen LogP contribution is -2.34. The normalized spacial score (nSPS) is 17.2. The monoisotopic (exact) mass is 340 g/mol. The Hall–Kier alpha value is -2.74. The summed E-state index contributed by atoms with van der Waals surface area (Å²) in [6, 6.07) is 5.93. The molecule has 1 aliphatic heterocycles. The summed E-state index contributed by atoms with van der Waals surface area (Å²) in [5.74, 6) is 0.468. The number of likely N-dealkylation sites (tertiary alicyclic amines) is 1. The standard InChI is InChI=1S/C16H16N6OS/c23-16(21-8-1-4-13(21)14-5-2-9-24-14)20-12-10-19-22(11-12)15-17-6-3-7-18-15/h2-3,5-7,9-11,13H,1,4,8H2,(H,20,23). The second-order valence-corrected chi connectivity index (χ2v) is 6.50. The van der Waals surface area contributed by atoms with E-state index in [2.05, 4.69) is 26.4 Å². The maximum atomic E-state index is 12.6. The van der Waals surface area contributed by atoms with E-state index in [1.165, 1.54) is 9.56 Å². The molecule has 3 aromatic rings. The zero-order valence-corrected chi connectivity index (χ0v) is 13.7. The first-order chi connectivity index (χ1) is 11.8.